The summed E-state index contributed by atoms with van der Waals surface area (Å²) in [5.74, 6) is 0.443. The molecule has 0 aliphatic heterocycles. The lowest BCUT2D eigenvalue weighted by Crippen LogP contribution is -2.40. The second-order valence-corrected chi connectivity index (χ2v) is 8.51. The summed E-state index contributed by atoms with van der Waals surface area (Å²) >= 11 is 0. The number of benzene rings is 4. The molecule has 0 aliphatic carbocycles. The molecule has 0 aliphatic rings. The van der Waals surface area contributed by atoms with E-state index in [1.165, 1.54) is 0 Å². The maximum absolute atomic E-state index is 13.1. The van der Waals surface area contributed by atoms with E-state index < -0.39 is 12.2 Å². The molecule has 1 amide bonds. The maximum atomic E-state index is 13.1. The van der Waals surface area contributed by atoms with Gasteiger partial charge in [-0.1, -0.05) is 84.4 Å². The highest BCUT2D eigenvalue weighted by atomic mass is 16.7. The lowest BCUT2D eigenvalue weighted by molar-refractivity contribution is -0.140. The molecule has 5 rings (SSSR count). The highest BCUT2D eigenvalue weighted by Gasteiger charge is 2.22. The molecule has 5 aromatic rings. The van der Waals surface area contributed by atoms with Crippen LogP contribution in [0.1, 0.15) is 11.1 Å². The Labute approximate surface area is 221 Å². The molecular weight excluding hydrogens is 476 g/mol. The summed E-state index contributed by atoms with van der Waals surface area (Å²) in [6.07, 6.45) is 2.20. The van der Waals surface area contributed by atoms with E-state index in [4.69, 9.17) is 14.6 Å². The highest BCUT2D eigenvalue weighted by molar-refractivity contribution is 5.90. The number of para-hydroxylation sites is 3. The number of carbonyl (C=O) groups excluding carboxylic acids is 1. The molecule has 38 heavy (non-hydrogen) atoms. The number of hydrogen-bond acceptors (Lipinski definition) is 5. The van der Waals surface area contributed by atoms with Crippen molar-refractivity contribution in [2.45, 2.75) is 13.2 Å². The van der Waals surface area contributed by atoms with Gasteiger partial charge in [0, 0.05) is 17.3 Å². The lowest BCUT2D eigenvalue weighted by Gasteiger charge is -2.18. The Hall–Kier alpha value is -5.17. The number of hydrogen-bond donors (Lipinski definition) is 1. The zero-order chi connectivity index (χ0) is 26.2. The van der Waals surface area contributed by atoms with Crippen molar-refractivity contribution < 1.29 is 14.3 Å². The van der Waals surface area contributed by atoms with Crippen LogP contribution < -0.4 is 14.9 Å². The number of amides is 1. The number of hydrazone groups is 1. The normalized spacial score (nSPS) is 11.0. The maximum Gasteiger partial charge on any atom is 0.323 e. The first kappa shape index (κ1) is 24.5. The molecule has 0 radical (unpaired) electrons. The minimum absolute atomic E-state index is 0.498. The van der Waals surface area contributed by atoms with Crippen molar-refractivity contribution in [2.24, 2.45) is 5.10 Å². The second-order valence-electron chi connectivity index (χ2n) is 8.51. The first-order valence-corrected chi connectivity index (χ1v) is 12.1. The van der Waals surface area contributed by atoms with Crippen LogP contribution in [-0.4, -0.2) is 28.2 Å². The number of aromatic nitrogens is 2. The molecule has 0 fully saturated rings. The van der Waals surface area contributed by atoms with Crippen molar-refractivity contribution in [2.75, 3.05) is 0 Å². The third-order valence-corrected chi connectivity index (χ3v) is 5.65. The van der Waals surface area contributed by atoms with Crippen LogP contribution in [0.3, 0.4) is 0 Å². The molecule has 0 saturated carbocycles. The van der Waals surface area contributed by atoms with Crippen LogP contribution in [0.5, 0.6) is 11.5 Å². The largest absolute Gasteiger partial charge is 0.446 e. The second kappa shape index (κ2) is 11.7. The topological polar surface area (TPSA) is 77.7 Å². The third kappa shape index (κ3) is 6.14. The van der Waals surface area contributed by atoms with Crippen molar-refractivity contribution in [1.29, 1.82) is 0 Å². The van der Waals surface area contributed by atoms with Gasteiger partial charge in [-0.25, -0.2) is 10.1 Å². The molecule has 7 nitrogen and oxygen atoms in total. The van der Waals surface area contributed by atoms with E-state index in [9.17, 15) is 4.79 Å². The summed E-state index contributed by atoms with van der Waals surface area (Å²) in [6.45, 7) is 2.04. The van der Waals surface area contributed by atoms with Gasteiger partial charge in [0.25, 0.3) is 0 Å². The van der Waals surface area contributed by atoms with Gasteiger partial charge >= 0.3 is 12.2 Å². The fourth-order valence-corrected chi connectivity index (χ4v) is 3.73. The summed E-state index contributed by atoms with van der Waals surface area (Å²) in [6, 6.07) is 35.9. The van der Waals surface area contributed by atoms with E-state index in [2.05, 4.69) is 10.5 Å². The first-order valence-electron chi connectivity index (χ1n) is 12.1. The van der Waals surface area contributed by atoms with E-state index >= 15 is 0 Å². The number of aryl methyl sites for hydroxylation is 1. The first-order chi connectivity index (χ1) is 18.7. The summed E-state index contributed by atoms with van der Waals surface area (Å²) in [7, 11) is 0. The standard InChI is InChI=1S/C31H26N4O3/c1-23-17-19-24(20-18-23)29-25(22-35(34-29)26-11-5-2-6-12-26)21-32-33-30(36)31(37-27-13-7-3-8-14-27)38-28-15-9-4-10-16-28/h2-22,31H,1H3,(H,33,36)/b32-21-. The monoisotopic (exact) mass is 502 g/mol. The van der Waals surface area contributed by atoms with Crippen LogP contribution >= 0.6 is 0 Å². The van der Waals surface area contributed by atoms with Crippen molar-refractivity contribution in [3.05, 3.63) is 133 Å². The van der Waals surface area contributed by atoms with Gasteiger partial charge in [0.1, 0.15) is 17.2 Å². The van der Waals surface area contributed by atoms with Crippen LogP contribution in [0.15, 0.2) is 127 Å². The number of ether oxygens (including phenoxy) is 2. The quantitative estimate of drug-likeness (QED) is 0.157. The predicted molar refractivity (Wildman–Crippen MR) is 147 cm³/mol. The zero-order valence-corrected chi connectivity index (χ0v) is 20.8. The molecule has 4 aromatic carbocycles. The van der Waals surface area contributed by atoms with E-state index in [0.717, 1.165) is 28.1 Å². The van der Waals surface area contributed by atoms with Gasteiger partial charge in [0.15, 0.2) is 0 Å². The fourth-order valence-electron chi connectivity index (χ4n) is 3.73. The van der Waals surface area contributed by atoms with Crippen LogP contribution in [-0.2, 0) is 4.79 Å². The molecule has 0 saturated heterocycles. The van der Waals surface area contributed by atoms with Crippen molar-refractivity contribution in [3.8, 4) is 28.4 Å². The zero-order valence-electron chi connectivity index (χ0n) is 20.8. The molecule has 7 heteroatoms. The van der Waals surface area contributed by atoms with E-state index in [1.54, 1.807) is 35.2 Å². The number of nitrogens with zero attached hydrogens (tertiary/aromatic N) is 3. The average molecular weight is 503 g/mol. The van der Waals surface area contributed by atoms with Gasteiger partial charge in [-0.3, -0.25) is 4.79 Å². The van der Waals surface area contributed by atoms with Crippen molar-refractivity contribution >= 4 is 12.1 Å². The van der Waals surface area contributed by atoms with Crippen LogP contribution in [0.4, 0.5) is 0 Å². The summed E-state index contributed by atoms with van der Waals surface area (Å²) < 4.78 is 13.4. The molecule has 1 aromatic heterocycles. The molecular formula is C31H26N4O3. The van der Waals surface area contributed by atoms with Crippen LogP contribution in [0.2, 0.25) is 0 Å². The summed E-state index contributed by atoms with van der Waals surface area (Å²) in [5.41, 5.74) is 7.04. The molecule has 0 unspecified atom stereocenters. The Bertz CT molecular complexity index is 1460. The smallest absolute Gasteiger partial charge is 0.323 e. The van der Waals surface area contributed by atoms with Gasteiger partial charge in [0.05, 0.1) is 11.9 Å². The predicted octanol–water partition coefficient (Wildman–Crippen LogP) is 5.78. The van der Waals surface area contributed by atoms with E-state index in [1.807, 2.05) is 104 Å². The highest BCUT2D eigenvalue weighted by Crippen LogP contribution is 2.23. The Morgan fingerprint density at radius 3 is 1.95 bits per heavy atom. The summed E-state index contributed by atoms with van der Waals surface area (Å²) in [4.78, 5) is 13.1. The molecule has 0 spiro atoms. The van der Waals surface area contributed by atoms with Gasteiger partial charge in [-0.2, -0.15) is 10.2 Å². The van der Waals surface area contributed by atoms with Crippen molar-refractivity contribution in [3.63, 3.8) is 0 Å². The summed E-state index contributed by atoms with van der Waals surface area (Å²) in [5, 5.41) is 9.01. The lowest BCUT2D eigenvalue weighted by atomic mass is 10.1. The Kier molecular flexibility index (Phi) is 7.56. The molecule has 188 valence electrons. The van der Waals surface area contributed by atoms with Gasteiger partial charge in [-0.15, -0.1) is 0 Å². The number of carbonyl (C=O) groups is 1. The van der Waals surface area contributed by atoms with Crippen LogP contribution in [0.25, 0.3) is 16.9 Å². The average Bonchev–Trinajstić information content (AvgIpc) is 3.39. The molecule has 1 heterocycles. The Balaban J connectivity index is 1.38. The Morgan fingerprint density at radius 2 is 1.37 bits per heavy atom. The SMILES string of the molecule is Cc1ccc(-c2nn(-c3ccccc3)cc2/C=N\NC(=O)C(Oc2ccccc2)Oc2ccccc2)cc1. The van der Waals surface area contributed by atoms with E-state index in [0.29, 0.717) is 11.5 Å². The van der Waals surface area contributed by atoms with Crippen LogP contribution in [0, 0.1) is 6.92 Å². The third-order valence-electron chi connectivity index (χ3n) is 5.65. The minimum atomic E-state index is -1.25. The van der Waals surface area contributed by atoms with Gasteiger partial charge in [-0.05, 0) is 43.3 Å². The minimum Gasteiger partial charge on any atom is -0.446 e. The fraction of sp³-hybridized carbons (Fsp3) is 0.0645. The van der Waals surface area contributed by atoms with Gasteiger partial charge < -0.3 is 9.47 Å². The Morgan fingerprint density at radius 1 is 0.816 bits per heavy atom. The molecule has 0 atom stereocenters. The van der Waals surface area contributed by atoms with E-state index in [-0.39, 0.29) is 0 Å². The van der Waals surface area contributed by atoms with Crippen molar-refractivity contribution in [1.82, 2.24) is 15.2 Å². The molecule has 0 bridgehead atoms. The number of nitrogens with one attached hydrogen (secondary N) is 1. The van der Waals surface area contributed by atoms with Gasteiger partial charge in [0.2, 0.25) is 0 Å². The number of rotatable bonds is 9. The molecule has 1 N–H and O–H groups in total.